The molecule has 23 heavy (non-hydrogen) atoms. The molecule has 0 aliphatic carbocycles. The van der Waals surface area contributed by atoms with E-state index in [0.717, 1.165) is 28.1 Å². The van der Waals surface area contributed by atoms with E-state index in [-0.39, 0.29) is 17.5 Å². The zero-order chi connectivity index (χ0) is 17.1. The number of nitrogens with one attached hydrogen (secondary N) is 1. The molecular formula is C17H25N3O2S. The summed E-state index contributed by atoms with van der Waals surface area (Å²) >= 11 is 1.53. The molecule has 0 aliphatic rings. The van der Waals surface area contributed by atoms with E-state index in [0.29, 0.717) is 24.1 Å². The molecule has 126 valence electrons. The van der Waals surface area contributed by atoms with E-state index in [2.05, 4.69) is 23.8 Å². The van der Waals surface area contributed by atoms with E-state index in [9.17, 15) is 9.59 Å². The van der Waals surface area contributed by atoms with Gasteiger partial charge in [-0.3, -0.25) is 9.59 Å². The van der Waals surface area contributed by atoms with Crippen molar-refractivity contribution in [3.8, 4) is 0 Å². The molecule has 1 N–H and O–H groups in total. The first kappa shape index (κ1) is 17.7. The van der Waals surface area contributed by atoms with Crippen molar-refractivity contribution < 1.29 is 4.79 Å². The highest BCUT2D eigenvalue weighted by Gasteiger charge is 2.16. The topological polar surface area (TPSA) is 66.1 Å². The highest BCUT2D eigenvalue weighted by Crippen LogP contribution is 2.25. The first-order valence-electron chi connectivity index (χ1n) is 8.09. The second-order valence-electron chi connectivity index (χ2n) is 6.12. The molecule has 0 fully saturated rings. The Morgan fingerprint density at radius 3 is 2.74 bits per heavy atom. The van der Waals surface area contributed by atoms with Crippen molar-refractivity contribution >= 4 is 27.5 Å². The number of hydrogen-bond acceptors (Lipinski definition) is 4. The van der Waals surface area contributed by atoms with Crippen molar-refractivity contribution in [3.63, 3.8) is 0 Å². The molecule has 0 bridgehead atoms. The van der Waals surface area contributed by atoms with E-state index >= 15 is 0 Å². The fraction of sp³-hybridized carbons (Fsp3) is 0.588. The van der Waals surface area contributed by atoms with Crippen LogP contribution in [-0.4, -0.2) is 33.9 Å². The summed E-state index contributed by atoms with van der Waals surface area (Å²) in [5.74, 6) is 0.681. The van der Waals surface area contributed by atoms with Gasteiger partial charge in [0.15, 0.2) is 0 Å². The maximum absolute atomic E-state index is 12.2. The molecular weight excluding hydrogens is 310 g/mol. The van der Waals surface area contributed by atoms with Gasteiger partial charge in [0.05, 0.1) is 5.39 Å². The highest BCUT2D eigenvalue weighted by atomic mass is 32.1. The van der Waals surface area contributed by atoms with Crippen LogP contribution in [0.5, 0.6) is 0 Å². The van der Waals surface area contributed by atoms with Gasteiger partial charge in [0.1, 0.15) is 10.7 Å². The van der Waals surface area contributed by atoms with Gasteiger partial charge in [0.2, 0.25) is 5.91 Å². The maximum atomic E-state index is 12.2. The zero-order valence-electron chi connectivity index (χ0n) is 14.5. The summed E-state index contributed by atoms with van der Waals surface area (Å²) in [7, 11) is 1.84. The summed E-state index contributed by atoms with van der Waals surface area (Å²) in [5, 5.41) is 0.677. The molecule has 0 unspecified atom stereocenters. The summed E-state index contributed by atoms with van der Waals surface area (Å²) in [6.07, 6.45) is 2.88. The van der Waals surface area contributed by atoms with Crippen molar-refractivity contribution in [1.82, 2.24) is 14.9 Å². The summed E-state index contributed by atoms with van der Waals surface area (Å²) in [4.78, 5) is 35.5. The molecule has 0 saturated carbocycles. The van der Waals surface area contributed by atoms with Gasteiger partial charge in [0.25, 0.3) is 5.56 Å². The molecule has 0 saturated heterocycles. The van der Waals surface area contributed by atoms with Crippen LogP contribution in [0.15, 0.2) is 4.79 Å². The summed E-state index contributed by atoms with van der Waals surface area (Å²) < 4.78 is 0. The predicted octanol–water partition coefficient (Wildman–Crippen LogP) is 3.18. The number of amides is 1. The lowest BCUT2D eigenvalue weighted by Crippen LogP contribution is -2.35. The molecule has 0 radical (unpaired) electrons. The van der Waals surface area contributed by atoms with Gasteiger partial charge in [-0.05, 0) is 32.8 Å². The Morgan fingerprint density at radius 2 is 2.09 bits per heavy atom. The molecule has 0 aromatic carbocycles. The minimum absolute atomic E-state index is 0.0900. The molecule has 1 amide bonds. The van der Waals surface area contributed by atoms with Crippen LogP contribution in [0.4, 0.5) is 0 Å². The number of carbonyl (C=O) groups is 1. The van der Waals surface area contributed by atoms with Crippen molar-refractivity contribution in [2.45, 2.75) is 59.4 Å². The molecule has 1 atom stereocenters. The maximum Gasteiger partial charge on any atom is 0.259 e. The molecule has 6 heteroatoms. The van der Waals surface area contributed by atoms with Crippen LogP contribution >= 0.6 is 11.3 Å². The zero-order valence-corrected chi connectivity index (χ0v) is 15.3. The Bertz CT molecular complexity index is 763. The number of aryl methyl sites for hydroxylation is 3. The third-order valence-corrected chi connectivity index (χ3v) is 5.53. The largest absolute Gasteiger partial charge is 0.343 e. The van der Waals surface area contributed by atoms with E-state index < -0.39 is 0 Å². The fourth-order valence-corrected chi connectivity index (χ4v) is 3.73. The Hall–Kier alpha value is -1.69. The van der Waals surface area contributed by atoms with E-state index in [4.69, 9.17) is 0 Å². The number of thiophene rings is 1. The van der Waals surface area contributed by atoms with Gasteiger partial charge in [-0.1, -0.05) is 13.3 Å². The molecule has 5 nitrogen and oxygen atoms in total. The second-order valence-corrected chi connectivity index (χ2v) is 7.32. The number of carbonyl (C=O) groups excluding carboxylic acids is 1. The van der Waals surface area contributed by atoms with Crippen molar-refractivity contribution in [2.75, 3.05) is 7.05 Å². The highest BCUT2D eigenvalue weighted by molar-refractivity contribution is 7.18. The van der Waals surface area contributed by atoms with Crippen molar-refractivity contribution in [2.24, 2.45) is 0 Å². The lowest BCUT2D eigenvalue weighted by atomic mass is 10.1. The monoisotopic (exact) mass is 335 g/mol. The third kappa shape index (κ3) is 3.80. The van der Waals surface area contributed by atoms with Gasteiger partial charge in [-0.2, -0.15) is 0 Å². The number of nitrogens with zero attached hydrogens (tertiary/aromatic N) is 2. The predicted molar refractivity (Wildman–Crippen MR) is 95.2 cm³/mol. The molecule has 2 rings (SSSR count). The number of fused-ring (bicyclic) bond motifs is 1. The smallest absolute Gasteiger partial charge is 0.259 e. The average Bonchev–Trinajstić information content (AvgIpc) is 2.79. The van der Waals surface area contributed by atoms with Crippen molar-refractivity contribution in [1.29, 1.82) is 0 Å². The SMILES string of the molecule is CCC[C@H](C)N(C)C(=O)CCc1nc2sc(C)c(C)c2c(=O)[nH]1. The van der Waals surface area contributed by atoms with Crippen LogP contribution in [0.25, 0.3) is 10.2 Å². The summed E-state index contributed by atoms with van der Waals surface area (Å²) in [5.41, 5.74) is 0.890. The summed E-state index contributed by atoms with van der Waals surface area (Å²) in [6.45, 7) is 8.11. The molecule has 2 aromatic rings. The summed E-state index contributed by atoms with van der Waals surface area (Å²) in [6, 6.07) is 0.240. The minimum Gasteiger partial charge on any atom is -0.343 e. The van der Waals surface area contributed by atoms with Gasteiger partial charge < -0.3 is 9.88 Å². The van der Waals surface area contributed by atoms with Crippen LogP contribution < -0.4 is 5.56 Å². The van der Waals surface area contributed by atoms with Gasteiger partial charge in [-0.15, -0.1) is 11.3 Å². The lowest BCUT2D eigenvalue weighted by molar-refractivity contribution is -0.131. The third-order valence-electron chi connectivity index (χ3n) is 4.42. The van der Waals surface area contributed by atoms with Crippen LogP contribution in [-0.2, 0) is 11.2 Å². The van der Waals surface area contributed by atoms with Crippen LogP contribution in [0.2, 0.25) is 0 Å². The Kier molecular flexibility index (Phi) is 5.57. The number of aromatic amines is 1. The van der Waals surface area contributed by atoms with Crippen molar-refractivity contribution in [3.05, 3.63) is 26.6 Å². The second kappa shape index (κ2) is 7.25. The number of rotatable bonds is 6. The average molecular weight is 335 g/mol. The van der Waals surface area contributed by atoms with E-state index in [1.807, 2.05) is 20.9 Å². The molecule has 2 heterocycles. The van der Waals surface area contributed by atoms with Gasteiger partial charge in [0, 0.05) is 30.8 Å². The number of hydrogen-bond donors (Lipinski definition) is 1. The van der Waals surface area contributed by atoms with Gasteiger partial charge >= 0.3 is 0 Å². The minimum atomic E-state index is -0.105. The number of H-pyrrole nitrogens is 1. The first-order chi connectivity index (χ1) is 10.8. The Labute approximate surface area is 140 Å². The Morgan fingerprint density at radius 1 is 1.39 bits per heavy atom. The van der Waals surface area contributed by atoms with Crippen LogP contribution in [0.1, 0.15) is 49.4 Å². The quantitative estimate of drug-likeness (QED) is 0.881. The first-order valence-corrected chi connectivity index (χ1v) is 8.91. The van der Waals surface area contributed by atoms with Crippen LogP contribution in [0.3, 0.4) is 0 Å². The lowest BCUT2D eigenvalue weighted by Gasteiger charge is -2.24. The van der Waals surface area contributed by atoms with Crippen LogP contribution in [0, 0.1) is 13.8 Å². The molecule has 0 aliphatic heterocycles. The molecule has 0 spiro atoms. The van der Waals surface area contributed by atoms with Gasteiger partial charge in [-0.25, -0.2) is 4.98 Å². The normalized spacial score (nSPS) is 12.6. The molecule has 2 aromatic heterocycles. The van der Waals surface area contributed by atoms with E-state index in [1.165, 1.54) is 11.3 Å². The standard InChI is InChI=1S/C17H25N3O2S/c1-6-7-10(2)20(5)14(21)9-8-13-18-16(22)15-11(3)12(4)23-17(15)19-13/h10H,6-9H2,1-5H3,(H,18,19,22)/t10-/m0/s1. The Balaban J connectivity index is 2.11. The fourth-order valence-electron chi connectivity index (χ4n) is 2.68. The van der Waals surface area contributed by atoms with E-state index in [1.54, 1.807) is 4.90 Å². The number of aromatic nitrogens is 2.